The van der Waals surface area contributed by atoms with Crippen molar-refractivity contribution in [1.82, 2.24) is 9.55 Å². The quantitative estimate of drug-likeness (QED) is 0.728. The predicted molar refractivity (Wildman–Crippen MR) is 85.5 cm³/mol. The lowest BCUT2D eigenvalue weighted by atomic mass is 9.85. The summed E-state index contributed by atoms with van der Waals surface area (Å²) in [7, 11) is 0. The summed E-state index contributed by atoms with van der Waals surface area (Å²) in [5.74, 6) is 2.01. The number of aryl methyl sites for hydroxylation is 2. The molecule has 2 nitrogen and oxygen atoms in total. The van der Waals surface area contributed by atoms with Crippen LogP contribution in [0.2, 0.25) is 0 Å². The average Bonchev–Trinajstić information content (AvgIpc) is 2.78. The minimum atomic E-state index is -0.179. The number of halogens is 2. The third-order valence-corrected chi connectivity index (χ3v) is 4.95. The van der Waals surface area contributed by atoms with Gasteiger partial charge in [0.2, 0.25) is 0 Å². The van der Waals surface area contributed by atoms with Crippen LogP contribution in [0.5, 0.6) is 0 Å². The third-order valence-electron chi connectivity index (χ3n) is 4.76. The second-order valence-electron chi connectivity index (χ2n) is 6.26. The standard InChI is InChI=1S/C17H22ClFN2/c1-11-5-3-4-6-15(11)21-16-9-12(2)13(19)10-14(16)20-17(21)7-8-18/h9-11,15H,3-8H2,1-2H3. The van der Waals surface area contributed by atoms with E-state index in [0.29, 0.717) is 23.4 Å². The van der Waals surface area contributed by atoms with Crippen LogP contribution in [0, 0.1) is 18.7 Å². The van der Waals surface area contributed by atoms with Crippen molar-refractivity contribution >= 4 is 22.6 Å². The zero-order valence-corrected chi connectivity index (χ0v) is 13.5. The van der Waals surface area contributed by atoms with Crippen molar-refractivity contribution in [1.29, 1.82) is 0 Å². The Bertz CT molecular complexity index is 650. The van der Waals surface area contributed by atoms with Gasteiger partial charge < -0.3 is 4.57 Å². The first-order valence-corrected chi connectivity index (χ1v) is 8.38. The number of alkyl halides is 1. The van der Waals surface area contributed by atoms with Gasteiger partial charge in [0.25, 0.3) is 0 Å². The molecule has 1 aromatic heterocycles. The fourth-order valence-corrected chi connectivity index (χ4v) is 3.75. The lowest BCUT2D eigenvalue weighted by molar-refractivity contribution is 0.257. The van der Waals surface area contributed by atoms with Crippen LogP contribution < -0.4 is 0 Å². The van der Waals surface area contributed by atoms with Gasteiger partial charge in [-0.15, -0.1) is 11.6 Å². The van der Waals surface area contributed by atoms with Gasteiger partial charge in [0.05, 0.1) is 11.0 Å². The molecule has 0 saturated heterocycles. The maximum Gasteiger partial charge on any atom is 0.128 e. The van der Waals surface area contributed by atoms with Crippen LogP contribution in [-0.2, 0) is 6.42 Å². The Kier molecular flexibility index (Phi) is 4.21. The second-order valence-corrected chi connectivity index (χ2v) is 6.63. The van der Waals surface area contributed by atoms with Gasteiger partial charge in [-0.3, -0.25) is 0 Å². The van der Waals surface area contributed by atoms with Crippen molar-refractivity contribution in [2.45, 2.75) is 52.0 Å². The molecule has 0 N–H and O–H groups in total. The molecule has 1 aromatic carbocycles. The minimum Gasteiger partial charge on any atom is -0.325 e. The number of aromatic nitrogens is 2. The predicted octanol–water partition coefficient (Wildman–Crippen LogP) is 5.02. The molecule has 2 unspecified atom stereocenters. The van der Waals surface area contributed by atoms with Crippen LogP contribution in [0.4, 0.5) is 4.39 Å². The Morgan fingerprint density at radius 2 is 2.10 bits per heavy atom. The van der Waals surface area contributed by atoms with E-state index < -0.39 is 0 Å². The normalized spacial score (nSPS) is 22.9. The lowest BCUT2D eigenvalue weighted by Crippen LogP contribution is -2.23. The Balaban J connectivity index is 2.17. The van der Waals surface area contributed by atoms with Gasteiger partial charge in [-0.25, -0.2) is 9.37 Å². The summed E-state index contributed by atoms with van der Waals surface area (Å²) >= 11 is 5.95. The van der Waals surface area contributed by atoms with Crippen molar-refractivity contribution in [3.63, 3.8) is 0 Å². The molecule has 0 radical (unpaired) electrons. The second kappa shape index (κ2) is 5.96. The molecule has 0 amide bonds. The first-order chi connectivity index (χ1) is 10.1. The summed E-state index contributed by atoms with van der Waals surface area (Å²) in [5, 5.41) is 0. The minimum absolute atomic E-state index is 0.179. The van der Waals surface area contributed by atoms with Gasteiger partial charge >= 0.3 is 0 Å². The summed E-state index contributed by atoms with van der Waals surface area (Å²) in [6.07, 6.45) is 5.74. The molecule has 2 aromatic rings. The molecule has 1 heterocycles. The van der Waals surface area contributed by atoms with E-state index in [4.69, 9.17) is 11.6 Å². The lowest BCUT2D eigenvalue weighted by Gasteiger charge is -2.31. The van der Waals surface area contributed by atoms with Crippen LogP contribution in [0.15, 0.2) is 12.1 Å². The summed E-state index contributed by atoms with van der Waals surface area (Å²) < 4.78 is 16.2. The monoisotopic (exact) mass is 308 g/mol. The molecule has 1 fully saturated rings. The Labute approximate surface area is 130 Å². The molecule has 2 atom stereocenters. The van der Waals surface area contributed by atoms with E-state index in [1.54, 1.807) is 6.07 Å². The first kappa shape index (κ1) is 14.8. The zero-order chi connectivity index (χ0) is 15.0. The largest absolute Gasteiger partial charge is 0.325 e. The summed E-state index contributed by atoms with van der Waals surface area (Å²) in [4.78, 5) is 4.65. The average molecular weight is 309 g/mol. The maximum absolute atomic E-state index is 13.8. The molecule has 0 bridgehead atoms. The number of benzene rings is 1. The molecule has 0 spiro atoms. The number of nitrogens with zero attached hydrogens (tertiary/aromatic N) is 2. The third kappa shape index (κ3) is 2.68. The van der Waals surface area contributed by atoms with Crippen LogP contribution in [-0.4, -0.2) is 15.4 Å². The van der Waals surface area contributed by atoms with Gasteiger partial charge in [0.1, 0.15) is 11.6 Å². The van der Waals surface area contributed by atoms with E-state index in [2.05, 4.69) is 16.5 Å². The molecule has 1 aliphatic rings. The van der Waals surface area contributed by atoms with Crippen LogP contribution in [0.3, 0.4) is 0 Å². The Morgan fingerprint density at radius 1 is 1.33 bits per heavy atom. The van der Waals surface area contributed by atoms with E-state index in [-0.39, 0.29) is 5.82 Å². The van der Waals surface area contributed by atoms with E-state index in [9.17, 15) is 4.39 Å². The summed E-state index contributed by atoms with van der Waals surface area (Å²) in [6, 6.07) is 3.97. The van der Waals surface area contributed by atoms with E-state index >= 15 is 0 Å². The Hall–Kier alpha value is -1.09. The topological polar surface area (TPSA) is 17.8 Å². The first-order valence-electron chi connectivity index (χ1n) is 7.84. The van der Waals surface area contributed by atoms with Crippen molar-refractivity contribution in [3.05, 3.63) is 29.3 Å². The van der Waals surface area contributed by atoms with E-state index in [0.717, 1.165) is 23.3 Å². The number of imidazole rings is 1. The molecule has 4 heteroatoms. The SMILES string of the molecule is Cc1cc2c(cc1F)nc(CCCl)n2C1CCCCC1C. The number of hydrogen-bond donors (Lipinski definition) is 0. The fourth-order valence-electron chi connectivity index (χ4n) is 3.58. The van der Waals surface area contributed by atoms with Gasteiger partial charge in [-0.1, -0.05) is 19.8 Å². The number of hydrogen-bond acceptors (Lipinski definition) is 1. The van der Waals surface area contributed by atoms with Crippen molar-refractivity contribution in [2.75, 3.05) is 5.88 Å². The van der Waals surface area contributed by atoms with Crippen molar-refractivity contribution in [3.8, 4) is 0 Å². The molecule has 1 saturated carbocycles. The van der Waals surface area contributed by atoms with Crippen LogP contribution in [0.1, 0.15) is 50.0 Å². The van der Waals surface area contributed by atoms with Gasteiger partial charge in [0.15, 0.2) is 0 Å². The summed E-state index contributed by atoms with van der Waals surface area (Å²) in [5.41, 5.74) is 2.51. The molecular weight excluding hydrogens is 287 g/mol. The van der Waals surface area contributed by atoms with Crippen LogP contribution in [0.25, 0.3) is 11.0 Å². The van der Waals surface area contributed by atoms with Crippen LogP contribution >= 0.6 is 11.6 Å². The van der Waals surface area contributed by atoms with Crippen molar-refractivity contribution in [2.24, 2.45) is 5.92 Å². The highest BCUT2D eigenvalue weighted by molar-refractivity contribution is 6.17. The molecule has 3 rings (SSSR count). The Morgan fingerprint density at radius 3 is 2.81 bits per heavy atom. The number of fused-ring (bicyclic) bond motifs is 1. The molecular formula is C17H22ClFN2. The zero-order valence-electron chi connectivity index (χ0n) is 12.7. The highest BCUT2D eigenvalue weighted by Gasteiger charge is 2.27. The number of rotatable bonds is 3. The molecule has 21 heavy (non-hydrogen) atoms. The molecule has 1 aliphatic carbocycles. The smallest absolute Gasteiger partial charge is 0.128 e. The van der Waals surface area contributed by atoms with E-state index in [1.807, 2.05) is 13.0 Å². The maximum atomic E-state index is 13.8. The van der Waals surface area contributed by atoms with Gasteiger partial charge in [-0.2, -0.15) is 0 Å². The summed E-state index contributed by atoms with van der Waals surface area (Å²) in [6.45, 7) is 4.13. The fraction of sp³-hybridized carbons (Fsp3) is 0.588. The van der Waals surface area contributed by atoms with E-state index in [1.165, 1.54) is 25.7 Å². The molecule has 0 aliphatic heterocycles. The highest BCUT2D eigenvalue weighted by Crippen LogP contribution is 2.37. The van der Waals surface area contributed by atoms with Gasteiger partial charge in [0, 0.05) is 24.4 Å². The van der Waals surface area contributed by atoms with Crippen molar-refractivity contribution < 1.29 is 4.39 Å². The molecule has 114 valence electrons. The van der Waals surface area contributed by atoms with Gasteiger partial charge in [-0.05, 0) is 37.3 Å². The highest BCUT2D eigenvalue weighted by atomic mass is 35.5.